The Hall–Kier alpha value is -1.81. The zero-order valence-electron chi connectivity index (χ0n) is 15.0. The molecular weight excluding hydrogens is 300 g/mol. The fraction of sp³-hybridized carbons (Fsp3) is 0.550. The van der Waals surface area contributed by atoms with Crippen molar-refractivity contribution < 1.29 is 9.53 Å². The van der Waals surface area contributed by atoms with Crippen molar-refractivity contribution in [1.82, 2.24) is 9.80 Å². The summed E-state index contributed by atoms with van der Waals surface area (Å²) in [5.74, 6) is 0.0687. The van der Waals surface area contributed by atoms with E-state index < -0.39 is 0 Å². The maximum absolute atomic E-state index is 12.3. The zero-order valence-corrected chi connectivity index (χ0v) is 15.0. The predicted molar refractivity (Wildman–Crippen MR) is 97.8 cm³/mol. The van der Waals surface area contributed by atoms with E-state index in [-0.39, 0.29) is 5.91 Å². The van der Waals surface area contributed by atoms with Crippen LogP contribution in [0, 0.1) is 0 Å². The molecule has 1 unspecified atom stereocenters. The Morgan fingerprint density at radius 1 is 1.25 bits per heavy atom. The van der Waals surface area contributed by atoms with E-state index in [1.807, 2.05) is 11.8 Å². The quantitative estimate of drug-likeness (QED) is 0.542. The van der Waals surface area contributed by atoms with Gasteiger partial charge in [0, 0.05) is 31.8 Å². The van der Waals surface area contributed by atoms with E-state index in [9.17, 15) is 4.79 Å². The van der Waals surface area contributed by atoms with E-state index in [0.29, 0.717) is 12.6 Å². The molecule has 0 aromatic heterocycles. The molecule has 1 aromatic rings. The monoisotopic (exact) mass is 330 g/mol. The van der Waals surface area contributed by atoms with Crippen molar-refractivity contribution in [2.24, 2.45) is 0 Å². The molecule has 1 fully saturated rings. The SMILES string of the molecule is CCO/C=C/C(=O)N1CCN(CCCc2ccccc2)CC1CC. The first kappa shape index (κ1) is 18.5. The number of benzene rings is 1. The second-order valence-electron chi connectivity index (χ2n) is 6.24. The average molecular weight is 330 g/mol. The van der Waals surface area contributed by atoms with Crippen LogP contribution in [0.1, 0.15) is 32.3 Å². The molecule has 1 amide bonds. The molecule has 1 aliphatic heterocycles. The smallest absolute Gasteiger partial charge is 0.249 e. The van der Waals surface area contributed by atoms with Crippen LogP contribution in [0.15, 0.2) is 42.7 Å². The zero-order chi connectivity index (χ0) is 17.2. The van der Waals surface area contributed by atoms with Gasteiger partial charge in [0.05, 0.1) is 12.9 Å². The van der Waals surface area contributed by atoms with Crippen molar-refractivity contribution in [1.29, 1.82) is 0 Å². The van der Waals surface area contributed by atoms with Gasteiger partial charge < -0.3 is 9.64 Å². The van der Waals surface area contributed by atoms with Crippen molar-refractivity contribution in [3.05, 3.63) is 48.2 Å². The summed E-state index contributed by atoms with van der Waals surface area (Å²) in [6.45, 7) is 8.50. The summed E-state index contributed by atoms with van der Waals surface area (Å²) < 4.78 is 5.14. The highest BCUT2D eigenvalue weighted by Gasteiger charge is 2.27. The van der Waals surface area contributed by atoms with Crippen LogP contribution in [-0.2, 0) is 16.0 Å². The van der Waals surface area contributed by atoms with Crippen LogP contribution in [0.5, 0.6) is 0 Å². The number of piperazine rings is 1. The van der Waals surface area contributed by atoms with Crippen molar-refractivity contribution in [2.75, 3.05) is 32.8 Å². The molecule has 2 rings (SSSR count). The third-order valence-electron chi connectivity index (χ3n) is 4.58. The minimum Gasteiger partial charge on any atom is -0.501 e. The van der Waals surface area contributed by atoms with Gasteiger partial charge in [0.15, 0.2) is 0 Å². The molecular formula is C20H30N2O2. The maximum Gasteiger partial charge on any atom is 0.249 e. The lowest BCUT2D eigenvalue weighted by Gasteiger charge is -2.40. The van der Waals surface area contributed by atoms with Gasteiger partial charge in [-0.25, -0.2) is 0 Å². The van der Waals surface area contributed by atoms with Gasteiger partial charge >= 0.3 is 0 Å². The number of aryl methyl sites for hydroxylation is 1. The number of nitrogens with zero attached hydrogens (tertiary/aromatic N) is 2. The van der Waals surface area contributed by atoms with Crippen molar-refractivity contribution in [2.45, 2.75) is 39.2 Å². The van der Waals surface area contributed by atoms with Gasteiger partial charge in [-0.05, 0) is 38.3 Å². The van der Waals surface area contributed by atoms with Gasteiger partial charge in [-0.2, -0.15) is 0 Å². The molecule has 0 radical (unpaired) electrons. The molecule has 0 N–H and O–H groups in total. The number of hydrogen-bond donors (Lipinski definition) is 0. The topological polar surface area (TPSA) is 32.8 Å². The summed E-state index contributed by atoms with van der Waals surface area (Å²) >= 11 is 0. The molecule has 4 heteroatoms. The molecule has 0 saturated carbocycles. The number of rotatable bonds is 8. The summed E-state index contributed by atoms with van der Waals surface area (Å²) in [4.78, 5) is 16.8. The standard InChI is InChI=1S/C20H30N2O2/c1-3-19-17-21(13-8-11-18-9-6-5-7-10-18)14-15-22(19)20(23)12-16-24-4-2/h5-7,9-10,12,16,19H,3-4,8,11,13-15,17H2,1-2H3/b16-12+. The number of carbonyl (C=O) groups is 1. The minimum atomic E-state index is 0.0687. The van der Waals surface area contributed by atoms with Crippen LogP contribution in [0.2, 0.25) is 0 Å². The Bertz CT molecular complexity index is 516. The van der Waals surface area contributed by atoms with Gasteiger partial charge in [0.1, 0.15) is 0 Å². The lowest BCUT2D eigenvalue weighted by Crippen LogP contribution is -2.54. The molecule has 1 atom stereocenters. The lowest BCUT2D eigenvalue weighted by atomic mass is 10.1. The summed E-state index contributed by atoms with van der Waals surface area (Å²) in [5.41, 5.74) is 1.40. The average Bonchev–Trinajstić information content (AvgIpc) is 2.62. The summed E-state index contributed by atoms with van der Waals surface area (Å²) in [6, 6.07) is 10.9. The number of amides is 1. The van der Waals surface area contributed by atoms with E-state index in [1.165, 1.54) is 18.2 Å². The van der Waals surface area contributed by atoms with Crippen LogP contribution >= 0.6 is 0 Å². The first-order valence-corrected chi connectivity index (χ1v) is 9.09. The Kier molecular flexibility index (Phi) is 7.83. The summed E-state index contributed by atoms with van der Waals surface area (Å²) in [5, 5.41) is 0. The number of carbonyl (C=O) groups excluding carboxylic acids is 1. The van der Waals surface area contributed by atoms with Gasteiger partial charge in [-0.1, -0.05) is 37.3 Å². The highest BCUT2D eigenvalue weighted by atomic mass is 16.5. The van der Waals surface area contributed by atoms with Gasteiger partial charge in [-0.3, -0.25) is 9.69 Å². The maximum atomic E-state index is 12.3. The summed E-state index contributed by atoms with van der Waals surface area (Å²) in [7, 11) is 0. The second-order valence-corrected chi connectivity index (χ2v) is 6.24. The van der Waals surface area contributed by atoms with Crippen molar-refractivity contribution in [3.8, 4) is 0 Å². The first-order chi connectivity index (χ1) is 11.7. The second kappa shape index (κ2) is 10.1. The largest absolute Gasteiger partial charge is 0.501 e. The van der Waals surface area contributed by atoms with E-state index in [1.54, 1.807) is 6.08 Å². The minimum absolute atomic E-state index is 0.0687. The van der Waals surface area contributed by atoms with Gasteiger partial charge in [0.2, 0.25) is 5.91 Å². The Morgan fingerprint density at radius 3 is 2.75 bits per heavy atom. The van der Waals surface area contributed by atoms with E-state index in [0.717, 1.165) is 39.0 Å². The van der Waals surface area contributed by atoms with Crippen LogP contribution in [0.4, 0.5) is 0 Å². The number of ether oxygens (including phenoxy) is 1. The van der Waals surface area contributed by atoms with Gasteiger partial charge in [0.25, 0.3) is 0 Å². The van der Waals surface area contributed by atoms with Crippen LogP contribution in [0.3, 0.4) is 0 Å². The van der Waals surface area contributed by atoms with E-state index >= 15 is 0 Å². The van der Waals surface area contributed by atoms with Crippen LogP contribution in [-0.4, -0.2) is 54.5 Å². The van der Waals surface area contributed by atoms with Crippen molar-refractivity contribution >= 4 is 5.91 Å². The van der Waals surface area contributed by atoms with E-state index in [2.05, 4.69) is 42.2 Å². The molecule has 24 heavy (non-hydrogen) atoms. The number of hydrogen-bond acceptors (Lipinski definition) is 3. The fourth-order valence-electron chi connectivity index (χ4n) is 3.21. The first-order valence-electron chi connectivity index (χ1n) is 9.09. The van der Waals surface area contributed by atoms with Crippen molar-refractivity contribution in [3.63, 3.8) is 0 Å². The molecule has 1 saturated heterocycles. The van der Waals surface area contributed by atoms with Crippen LogP contribution < -0.4 is 0 Å². The molecule has 132 valence electrons. The Labute approximate surface area is 146 Å². The highest BCUT2D eigenvalue weighted by molar-refractivity contribution is 5.87. The Morgan fingerprint density at radius 2 is 2.04 bits per heavy atom. The molecule has 0 bridgehead atoms. The molecule has 0 spiro atoms. The Balaban J connectivity index is 1.78. The molecule has 0 aliphatic carbocycles. The normalized spacial score (nSPS) is 18.9. The van der Waals surface area contributed by atoms with E-state index in [4.69, 9.17) is 4.74 Å². The van der Waals surface area contributed by atoms with Crippen LogP contribution in [0.25, 0.3) is 0 Å². The third-order valence-corrected chi connectivity index (χ3v) is 4.58. The molecule has 1 heterocycles. The lowest BCUT2D eigenvalue weighted by molar-refractivity contribution is -0.131. The highest BCUT2D eigenvalue weighted by Crippen LogP contribution is 2.14. The fourth-order valence-corrected chi connectivity index (χ4v) is 3.21. The predicted octanol–water partition coefficient (Wildman–Crippen LogP) is 3.09. The third kappa shape index (κ3) is 5.68. The molecule has 1 aliphatic rings. The molecule has 4 nitrogen and oxygen atoms in total. The van der Waals surface area contributed by atoms with Gasteiger partial charge in [-0.15, -0.1) is 0 Å². The summed E-state index contributed by atoms with van der Waals surface area (Å²) in [6.07, 6.45) is 6.34. The molecule has 1 aromatic carbocycles.